The second kappa shape index (κ2) is 5.37. The maximum atomic E-state index is 5.80. The molecule has 3 nitrogen and oxygen atoms in total. The van der Waals surface area contributed by atoms with Gasteiger partial charge >= 0.3 is 0 Å². The van der Waals surface area contributed by atoms with Crippen LogP contribution in [-0.2, 0) is 11.2 Å². The Morgan fingerprint density at radius 3 is 2.61 bits per heavy atom. The molecule has 0 amide bonds. The maximum Gasteiger partial charge on any atom is 0.129 e. The van der Waals surface area contributed by atoms with Gasteiger partial charge in [-0.15, -0.1) is 0 Å². The first-order valence-electron chi connectivity index (χ1n) is 6.02. The highest BCUT2D eigenvalue weighted by Gasteiger charge is 2.39. The maximum absolute atomic E-state index is 5.80. The third kappa shape index (κ3) is 3.85. The normalized spacial score (nSPS) is 18.4. The second-order valence-electron chi connectivity index (χ2n) is 5.76. The summed E-state index contributed by atoms with van der Waals surface area (Å²) in [6.07, 6.45) is 2.76. The molecule has 1 aliphatic rings. The first kappa shape index (κ1) is 14.1. The lowest BCUT2D eigenvalue weighted by molar-refractivity contribution is -0.0609. The van der Waals surface area contributed by atoms with Gasteiger partial charge in [0.2, 0.25) is 0 Å². The Morgan fingerprint density at radius 1 is 1.44 bits per heavy atom. The summed E-state index contributed by atoms with van der Waals surface area (Å²) in [7, 11) is 0. The number of pyridine rings is 1. The molecule has 100 valence electrons. The van der Waals surface area contributed by atoms with Crippen LogP contribution >= 0.6 is 23.5 Å². The fourth-order valence-electron chi connectivity index (χ4n) is 1.71. The van der Waals surface area contributed by atoms with Gasteiger partial charge in [-0.05, 0) is 38.8 Å². The minimum absolute atomic E-state index is 0.0352. The smallest absolute Gasteiger partial charge is 0.129 e. The molecule has 0 bridgehead atoms. The van der Waals surface area contributed by atoms with Gasteiger partial charge in [0.05, 0.1) is 18.8 Å². The van der Waals surface area contributed by atoms with Crippen LogP contribution in [0, 0.1) is 0 Å². The first-order valence-corrected chi connectivity index (χ1v) is 7.21. The molecular formula is C13H19ClN2OS. The molecule has 0 radical (unpaired) electrons. The zero-order chi connectivity index (χ0) is 13.2. The molecule has 18 heavy (non-hydrogen) atoms. The van der Waals surface area contributed by atoms with Crippen LogP contribution in [0.3, 0.4) is 0 Å². The number of nitrogens with zero attached hydrogens (tertiary/aromatic N) is 1. The molecule has 1 aromatic heterocycles. The molecule has 0 aromatic carbocycles. The molecule has 1 N–H and O–H groups in total. The fourth-order valence-corrected chi connectivity index (χ4v) is 2.53. The SMILES string of the molecule is CC(C)(C)SNC1(Cc2ccc(Cl)nc2)COC1. The summed E-state index contributed by atoms with van der Waals surface area (Å²) >= 11 is 7.56. The van der Waals surface area contributed by atoms with Crippen LogP contribution in [-0.4, -0.2) is 28.5 Å². The van der Waals surface area contributed by atoms with Crippen molar-refractivity contribution in [3.05, 3.63) is 29.0 Å². The summed E-state index contributed by atoms with van der Waals surface area (Å²) in [6, 6.07) is 3.86. The summed E-state index contributed by atoms with van der Waals surface area (Å²) in [5, 5.41) is 0.537. The highest BCUT2D eigenvalue weighted by atomic mass is 35.5. The van der Waals surface area contributed by atoms with Crippen LogP contribution in [0.2, 0.25) is 5.15 Å². The minimum Gasteiger partial charge on any atom is -0.377 e. The van der Waals surface area contributed by atoms with Crippen LogP contribution in [0.15, 0.2) is 18.3 Å². The van der Waals surface area contributed by atoms with Crippen molar-refractivity contribution in [1.29, 1.82) is 0 Å². The molecule has 2 heterocycles. The lowest BCUT2D eigenvalue weighted by atomic mass is 9.91. The predicted molar refractivity (Wildman–Crippen MR) is 77.0 cm³/mol. The molecule has 0 atom stereocenters. The lowest BCUT2D eigenvalue weighted by Gasteiger charge is -2.43. The Hall–Kier alpha value is -0.290. The van der Waals surface area contributed by atoms with Gasteiger partial charge in [-0.2, -0.15) is 0 Å². The van der Waals surface area contributed by atoms with Gasteiger partial charge in [-0.3, -0.25) is 4.72 Å². The summed E-state index contributed by atoms with van der Waals surface area (Å²) in [4.78, 5) is 4.12. The highest BCUT2D eigenvalue weighted by molar-refractivity contribution is 7.98. The first-order chi connectivity index (χ1) is 8.39. The van der Waals surface area contributed by atoms with E-state index in [2.05, 4.69) is 30.5 Å². The van der Waals surface area contributed by atoms with Crippen molar-refractivity contribution < 1.29 is 4.74 Å². The van der Waals surface area contributed by atoms with Crippen molar-refractivity contribution in [2.24, 2.45) is 0 Å². The molecular weight excluding hydrogens is 268 g/mol. The number of halogens is 1. The number of hydrogen-bond acceptors (Lipinski definition) is 4. The molecule has 2 rings (SSSR count). The zero-order valence-electron chi connectivity index (χ0n) is 11.0. The number of hydrogen-bond donors (Lipinski definition) is 1. The Bertz CT molecular complexity index is 398. The third-order valence-electron chi connectivity index (χ3n) is 2.66. The average molecular weight is 287 g/mol. The summed E-state index contributed by atoms with van der Waals surface area (Å²) in [6.45, 7) is 8.09. The molecule has 5 heteroatoms. The van der Waals surface area contributed by atoms with Crippen molar-refractivity contribution in [1.82, 2.24) is 9.71 Å². The van der Waals surface area contributed by atoms with Crippen molar-refractivity contribution in [3.8, 4) is 0 Å². The molecule has 1 saturated heterocycles. The quantitative estimate of drug-likeness (QED) is 0.681. The van der Waals surface area contributed by atoms with Crippen molar-refractivity contribution >= 4 is 23.5 Å². The van der Waals surface area contributed by atoms with Gasteiger partial charge < -0.3 is 4.74 Å². The molecule has 1 fully saturated rings. The minimum atomic E-state index is 0.0352. The van der Waals surface area contributed by atoms with Crippen LogP contribution in [0.5, 0.6) is 0 Å². The van der Waals surface area contributed by atoms with Crippen molar-refractivity contribution in [2.45, 2.75) is 37.5 Å². The van der Waals surface area contributed by atoms with Gasteiger partial charge in [0.15, 0.2) is 0 Å². The fraction of sp³-hybridized carbons (Fsp3) is 0.615. The molecule has 0 spiro atoms. The van der Waals surface area contributed by atoms with Gasteiger partial charge in [0.25, 0.3) is 0 Å². The van der Waals surface area contributed by atoms with Gasteiger partial charge in [0, 0.05) is 10.9 Å². The summed E-state index contributed by atoms with van der Waals surface area (Å²) in [5.41, 5.74) is 1.22. The lowest BCUT2D eigenvalue weighted by Crippen LogP contribution is -2.60. The van der Waals surface area contributed by atoms with Gasteiger partial charge in [-0.25, -0.2) is 4.98 Å². The van der Waals surface area contributed by atoms with E-state index >= 15 is 0 Å². The van der Waals surface area contributed by atoms with E-state index in [1.54, 1.807) is 11.9 Å². The largest absolute Gasteiger partial charge is 0.377 e. The Balaban J connectivity index is 1.98. The predicted octanol–water partition coefficient (Wildman–Crippen LogP) is 3.08. The number of aromatic nitrogens is 1. The van der Waals surface area contributed by atoms with Gasteiger partial charge in [-0.1, -0.05) is 29.6 Å². The van der Waals surface area contributed by atoms with Crippen molar-refractivity contribution in [3.63, 3.8) is 0 Å². The van der Waals surface area contributed by atoms with E-state index in [0.717, 1.165) is 19.6 Å². The Morgan fingerprint density at radius 2 is 2.17 bits per heavy atom. The summed E-state index contributed by atoms with van der Waals surface area (Å²) < 4.78 is 9.14. The van der Waals surface area contributed by atoms with Crippen LogP contribution < -0.4 is 4.72 Å². The van der Waals surface area contributed by atoms with E-state index < -0.39 is 0 Å². The van der Waals surface area contributed by atoms with E-state index in [9.17, 15) is 0 Å². The van der Waals surface area contributed by atoms with E-state index in [-0.39, 0.29) is 10.3 Å². The standard InChI is InChI=1S/C13H19ClN2OS/c1-12(2,3)18-16-13(8-17-9-13)6-10-4-5-11(14)15-7-10/h4-5,7,16H,6,8-9H2,1-3H3. The Labute approximate surface area is 118 Å². The molecule has 0 unspecified atom stereocenters. The van der Waals surface area contributed by atoms with E-state index in [1.807, 2.05) is 18.3 Å². The molecule has 1 aliphatic heterocycles. The zero-order valence-corrected chi connectivity index (χ0v) is 12.6. The number of rotatable bonds is 4. The van der Waals surface area contributed by atoms with Gasteiger partial charge in [0.1, 0.15) is 5.15 Å². The third-order valence-corrected chi connectivity index (χ3v) is 4.03. The van der Waals surface area contributed by atoms with E-state index in [4.69, 9.17) is 16.3 Å². The number of nitrogens with one attached hydrogen (secondary N) is 1. The monoisotopic (exact) mass is 286 g/mol. The van der Waals surface area contributed by atoms with E-state index in [1.165, 1.54) is 5.56 Å². The van der Waals surface area contributed by atoms with Crippen LogP contribution in [0.25, 0.3) is 0 Å². The second-order valence-corrected chi connectivity index (χ2v) is 7.78. The van der Waals surface area contributed by atoms with Crippen LogP contribution in [0.1, 0.15) is 26.3 Å². The Kier molecular flexibility index (Phi) is 4.22. The molecule has 0 saturated carbocycles. The van der Waals surface area contributed by atoms with Crippen molar-refractivity contribution in [2.75, 3.05) is 13.2 Å². The average Bonchev–Trinajstić information content (AvgIpc) is 2.23. The molecule has 1 aromatic rings. The topological polar surface area (TPSA) is 34.2 Å². The summed E-state index contributed by atoms with van der Waals surface area (Å²) in [5.74, 6) is 0. The van der Waals surface area contributed by atoms with E-state index in [0.29, 0.717) is 5.15 Å². The number of ether oxygens (including phenoxy) is 1. The van der Waals surface area contributed by atoms with Crippen LogP contribution in [0.4, 0.5) is 0 Å². The highest BCUT2D eigenvalue weighted by Crippen LogP contribution is 2.29. The molecule has 0 aliphatic carbocycles.